The molecule has 0 bridgehead atoms. The summed E-state index contributed by atoms with van der Waals surface area (Å²) >= 11 is 4.74. The van der Waals surface area contributed by atoms with Gasteiger partial charge < -0.3 is 14.2 Å². The minimum absolute atomic E-state index is 0.269. The van der Waals surface area contributed by atoms with Crippen molar-refractivity contribution in [3.05, 3.63) is 29.8 Å². The first-order valence-electron chi connectivity index (χ1n) is 5.11. The van der Waals surface area contributed by atoms with Crippen LogP contribution < -0.4 is 4.74 Å². The molecule has 4 nitrogen and oxygen atoms in total. The zero-order chi connectivity index (χ0) is 13.4. The van der Waals surface area contributed by atoms with Gasteiger partial charge in [-0.1, -0.05) is 17.7 Å². The molecule has 0 aliphatic carbocycles. The Kier molecular flexibility index (Phi) is 8.44. The molecular formula is C11H12I2O4V. The molecule has 0 radical (unpaired) electrons. The van der Waals surface area contributed by atoms with Gasteiger partial charge in [0.1, 0.15) is 19.0 Å². The number of ether oxygens (including phenoxy) is 3. The molecule has 1 heterocycles. The van der Waals surface area contributed by atoms with Crippen LogP contribution in [0.15, 0.2) is 24.3 Å². The van der Waals surface area contributed by atoms with Crippen molar-refractivity contribution in [2.75, 3.05) is 13.2 Å². The standard InChI is InChI=1S/C11H12O4.2HI.V/c1-8-2-4-9(5-3-8)13-6-10-7-14-11(12)15-10;;;/h2-5,10H,6-7H2,1H3;2*1H;/q;;;+2/p-2. The molecule has 0 aromatic heterocycles. The molecule has 18 heavy (non-hydrogen) atoms. The fourth-order valence-electron chi connectivity index (χ4n) is 1.27. The van der Waals surface area contributed by atoms with E-state index in [-0.39, 0.29) is 12.7 Å². The Morgan fingerprint density at radius 2 is 2.00 bits per heavy atom. The summed E-state index contributed by atoms with van der Waals surface area (Å²) in [5, 5.41) is 0. The summed E-state index contributed by atoms with van der Waals surface area (Å²) in [4.78, 5) is 10.6. The van der Waals surface area contributed by atoms with Gasteiger partial charge in [0.2, 0.25) is 0 Å². The molecule has 7 heteroatoms. The van der Waals surface area contributed by atoms with E-state index >= 15 is 0 Å². The van der Waals surface area contributed by atoms with Crippen molar-refractivity contribution in [1.29, 1.82) is 0 Å². The number of carbonyl (C=O) groups excluding carboxylic acids is 1. The third kappa shape index (κ3) is 6.49. The van der Waals surface area contributed by atoms with Gasteiger partial charge in [-0.15, -0.1) is 0 Å². The molecule has 0 spiro atoms. The quantitative estimate of drug-likeness (QED) is 0.458. The van der Waals surface area contributed by atoms with E-state index in [0.29, 0.717) is 16.1 Å². The van der Waals surface area contributed by atoms with Gasteiger partial charge in [-0.2, -0.15) is 0 Å². The molecule has 1 aliphatic heterocycles. The molecule has 0 saturated carbocycles. The summed E-state index contributed by atoms with van der Waals surface area (Å²) < 4.78 is 14.9. The van der Waals surface area contributed by atoms with E-state index in [2.05, 4.69) is 44.7 Å². The third-order valence-corrected chi connectivity index (χ3v) is 2.11. The Labute approximate surface area is 135 Å². The van der Waals surface area contributed by atoms with E-state index in [0.717, 1.165) is 5.75 Å². The SMILES string of the molecule is Cc1ccc(OCC2COC(=O)O2)cc1.[I][V][I]. The van der Waals surface area contributed by atoms with Crippen molar-refractivity contribution in [1.82, 2.24) is 0 Å². The number of hydrogen-bond donors (Lipinski definition) is 0. The molecule has 1 unspecified atom stereocenters. The van der Waals surface area contributed by atoms with Crippen LogP contribution in [0.2, 0.25) is 0 Å². The first kappa shape index (κ1) is 16.4. The van der Waals surface area contributed by atoms with Crippen molar-refractivity contribution in [3.63, 3.8) is 0 Å². The second-order valence-corrected chi connectivity index (χ2v) is 15.3. The van der Waals surface area contributed by atoms with E-state index in [1.54, 1.807) is 0 Å². The second-order valence-electron chi connectivity index (χ2n) is 3.49. The number of benzene rings is 1. The van der Waals surface area contributed by atoms with Crippen molar-refractivity contribution in [2.24, 2.45) is 0 Å². The molecule has 1 fully saturated rings. The number of halogens is 2. The molecule has 1 saturated heterocycles. The predicted molar refractivity (Wildman–Crippen MR) is 80.9 cm³/mol. The number of cyclic esters (lactones) is 2. The van der Waals surface area contributed by atoms with Crippen LogP contribution >= 0.6 is 40.0 Å². The monoisotopic (exact) mass is 513 g/mol. The zero-order valence-corrected chi connectivity index (χ0v) is 15.3. The van der Waals surface area contributed by atoms with Crippen LogP contribution in [0.25, 0.3) is 0 Å². The molecule has 1 atom stereocenters. The molecule has 2 rings (SSSR count). The average molecular weight is 513 g/mol. The van der Waals surface area contributed by atoms with Crippen LogP contribution in [0, 0.1) is 6.92 Å². The molecular weight excluding hydrogens is 501 g/mol. The Hall–Kier alpha value is 0.334. The van der Waals surface area contributed by atoms with Crippen LogP contribution in [0.5, 0.6) is 5.75 Å². The van der Waals surface area contributed by atoms with Gasteiger partial charge in [-0.3, -0.25) is 0 Å². The van der Waals surface area contributed by atoms with Crippen LogP contribution in [0.1, 0.15) is 5.56 Å². The van der Waals surface area contributed by atoms with Crippen LogP contribution in [0.3, 0.4) is 0 Å². The van der Waals surface area contributed by atoms with Gasteiger partial charge in [0, 0.05) is 0 Å². The molecule has 1 aromatic carbocycles. The predicted octanol–water partition coefficient (Wildman–Crippen LogP) is 3.68. The van der Waals surface area contributed by atoms with E-state index in [1.165, 1.54) is 5.56 Å². The first-order chi connectivity index (χ1) is 8.65. The fourth-order valence-corrected chi connectivity index (χ4v) is 1.27. The summed E-state index contributed by atoms with van der Waals surface area (Å²) in [7, 11) is 0.628. The van der Waals surface area contributed by atoms with Gasteiger partial charge in [0.15, 0.2) is 6.10 Å². The summed E-state index contributed by atoms with van der Waals surface area (Å²) in [6.45, 7) is 2.61. The number of carbonyl (C=O) groups is 1. The Morgan fingerprint density at radius 3 is 2.50 bits per heavy atom. The normalized spacial score (nSPS) is 17.1. The first-order valence-corrected chi connectivity index (χ1v) is 14.1. The molecule has 99 valence electrons. The maximum absolute atomic E-state index is 10.6. The Bertz CT molecular complexity index is 372. The van der Waals surface area contributed by atoms with Crippen molar-refractivity contribution in [2.45, 2.75) is 13.0 Å². The summed E-state index contributed by atoms with van der Waals surface area (Å²) in [5.41, 5.74) is 1.18. The maximum atomic E-state index is 10.6. The number of aryl methyl sites for hydroxylation is 1. The summed E-state index contributed by atoms with van der Waals surface area (Å²) in [6.07, 6.45) is -0.911. The van der Waals surface area contributed by atoms with E-state index < -0.39 is 6.16 Å². The van der Waals surface area contributed by atoms with E-state index in [9.17, 15) is 4.79 Å². The van der Waals surface area contributed by atoms with Crippen molar-refractivity contribution in [3.8, 4) is 5.75 Å². The molecule has 0 amide bonds. The number of hydrogen-bond acceptors (Lipinski definition) is 4. The number of rotatable bonds is 3. The summed E-state index contributed by atoms with van der Waals surface area (Å²) in [5.74, 6) is 0.767. The minimum atomic E-state index is -0.618. The topological polar surface area (TPSA) is 44.8 Å². The van der Waals surface area contributed by atoms with Crippen LogP contribution in [-0.4, -0.2) is 25.5 Å². The fraction of sp³-hybridized carbons (Fsp3) is 0.364. The molecule has 0 N–H and O–H groups in total. The van der Waals surface area contributed by atoms with Crippen LogP contribution in [0.4, 0.5) is 4.79 Å². The Balaban J connectivity index is 0.000000492. The summed E-state index contributed by atoms with van der Waals surface area (Å²) in [6, 6.07) is 7.69. The average Bonchev–Trinajstić information content (AvgIpc) is 2.76. The zero-order valence-electron chi connectivity index (χ0n) is 9.64. The van der Waals surface area contributed by atoms with Gasteiger partial charge in [-0.25, -0.2) is 4.79 Å². The van der Waals surface area contributed by atoms with Crippen LogP contribution in [-0.2, 0) is 18.9 Å². The van der Waals surface area contributed by atoms with Gasteiger partial charge in [-0.05, 0) is 19.1 Å². The van der Waals surface area contributed by atoms with Gasteiger partial charge in [0.05, 0.1) is 0 Å². The second kappa shape index (κ2) is 9.27. The van der Waals surface area contributed by atoms with Crippen molar-refractivity contribution >= 4 is 46.1 Å². The molecule has 1 aromatic rings. The van der Waals surface area contributed by atoms with Crippen molar-refractivity contribution < 1.29 is 28.5 Å². The Morgan fingerprint density at radius 1 is 1.39 bits per heavy atom. The van der Waals surface area contributed by atoms with E-state index in [1.807, 2.05) is 31.2 Å². The van der Waals surface area contributed by atoms with E-state index in [4.69, 9.17) is 9.47 Å². The molecule has 1 aliphatic rings. The van der Waals surface area contributed by atoms with Gasteiger partial charge in [0.25, 0.3) is 0 Å². The van der Waals surface area contributed by atoms with Gasteiger partial charge >= 0.3 is 55.6 Å². The third-order valence-electron chi connectivity index (χ3n) is 2.11.